The topological polar surface area (TPSA) is 20.2 Å². The summed E-state index contributed by atoms with van der Waals surface area (Å²) in [5.74, 6) is 0. The Morgan fingerprint density at radius 1 is 1.08 bits per heavy atom. The molecule has 0 aromatic carbocycles. The van der Waals surface area contributed by atoms with E-state index in [4.69, 9.17) is 12.0 Å². The van der Waals surface area contributed by atoms with Gasteiger partial charge in [0, 0.05) is 13.5 Å². The quantitative estimate of drug-likeness (QED) is 0.433. The van der Waals surface area contributed by atoms with E-state index in [-0.39, 0.29) is 6.61 Å². The summed E-state index contributed by atoms with van der Waals surface area (Å²) in [6, 6.07) is 0. The smallest absolute Gasteiger partial charge is 0.0431 e. The lowest BCUT2D eigenvalue weighted by atomic mass is 10.1. The van der Waals surface area contributed by atoms with Crippen molar-refractivity contribution < 1.29 is 12.0 Å². The van der Waals surface area contributed by atoms with Gasteiger partial charge in [0.25, 0.3) is 0 Å². The molecule has 0 amide bonds. The van der Waals surface area contributed by atoms with Crippen molar-refractivity contribution in [2.24, 2.45) is 0 Å². The van der Waals surface area contributed by atoms with Gasteiger partial charge in [-0.15, -0.1) is 0 Å². The molecule has 0 fully saturated rings. The molecule has 0 bridgehead atoms. The van der Waals surface area contributed by atoms with Crippen LogP contribution < -0.4 is 0 Å². The van der Waals surface area contributed by atoms with Crippen molar-refractivity contribution in [2.75, 3.05) is 6.61 Å². The van der Waals surface area contributed by atoms with Crippen molar-refractivity contribution in [3.63, 3.8) is 0 Å². The highest BCUT2D eigenvalue weighted by atomic mass is 16.2. The minimum Gasteiger partial charge on any atom is -0.396 e. The van der Waals surface area contributed by atoms with Gasteiger partial charge in [0.05, 0.1) is 0 Å². The van der Waals surface area contributed by atoms with Crippen LogP contribution in [0.2, 0.25) is 0 Å². The molecule has 1 N–H and O–H groups in total. The summed E-state index contributed by atoms with van der Waals surface area (Å²) in [7, 11) is 0. The number of unbranched alkanes of at least 4 members (excludes halogenated alkanes) is 6. The number of hydrogen-bond acceptors (Lipinski definition) is 1. The Labute approximate surface area is 89.9 Å². The summed E-state index contributed by atoms with van der Waals surface area (Å²) >= 11 is 0. The molecule has 13 heavy (non-hydrogen) atoms. The normalized spacial score (nSPS) is 19.0. The molecule has 0 aliphatic carbocycles. The summed E-state index contributed by atoms with van der Waals surface area (Å²) < 4.78 is 35.8. The lowest BCUT2D eigenvalue weighted by Crippen LogP contribution is -1.83. The van der Waals surface area contributed by atoms with E-state index in [1.54, 1.807) is 6.08 Å². The second kappa shape index (κ2) is 11.7. The van der Waals surface area contributed by atoms with Crippen LogP contribution in [-0.4, -0.2) is 11.7 Å². The Balaban J connectivity index is 3.60. The van der Waals surface area contributed by atoms with Crippen molar-refractivity contribution in [1.29, 1.82) is 0 Å². The second-order valence-electron chi connectivity index (χ2n) is 3.18. The lowest BCUT2D eigenvalue weighted by Gasteiger charge is -1.98. The maximum Gasteiger partial charge on any atom is 0.0431 e. The molecule has 0 aromatic rings. The molecule has 0 aromatic heterocycles. The molecule has 0 rings (SSSR count). The van der Waals surface area contributed by atoms with Crippen molar-refractivity contribution in [1.82, 2.24) is 0 Å². The molecule has 0 heterocycles. The predicted molar refractivity (Wildman–Crippen MR) is 58.8 cm³/mol. The molecule has 0 spiro atoms. The zero-order valence-electron chi connectivity index (χ0n) is 13.3. The molecule has 0 atom stereocenters. The fraction of sp³-hybridized carbons (Fsp3) is 0.833. The first-order valence-corrected chi connectivity index (χ1v) is 5.10. The summed E-state index contributed by atoms with van der Waals surface area (Å²) in [4.78, 5) is 0. The van der Waals surface area contributed by atoms with Gasteiger partial charge in [-0.3, -0.25) is 0 Å². The molecule has 1 heteroatoms. The van der Waals surface area contributed by atoms with E-state index in [1.807, 2.05) is 0 Å². The Kier molecular flexibility index (Phi) is 5.61. The van der Waals surface area contributed by atoms with E-state index in [9.17, 15) is 0 Å². The fourth-order valence-corrected chi connectivity index (χ4v) is 1.22. The van der Waals surface area contributed by atoms with Gasteiger partial charge in [-0.05, 0) is 25.6 Å². The third-order valence-electron chi connectivity index (χ3n) is 1.98. The molecule has 0 saturated heterocycles. The van der Waals surface area contributed by atoms with Crippen molar-refractivity contribution >= 4 is 0 Å². The Morgan fingerprint density at radius 3 is 2.46 bits per heavy atom. The maximum atomic E-state index is 8.59. The zero-order valence-corrected chi connectivity index (χ0v) is 8.26. The van der Waals surface area contributed by atoms with E-state index in [0.29, 0.717) is 0 Å². The van der Waals surface area contributed by atoms with Gasteiger partial charge in [-0.1, -0.05) is 44.7 Å². The second-order valence-corrected chi connectivity index (χ2v) is 3.18. The number of hydrogen-bond donors (Lipinski definition) is 1. The van der Waals surface area contributed by atoms with Gasteiger partial charge in [0.15, 0.2) is 0 Å². The number of aliphatic hydroxyl groups is 1. The summed E-state index contributed by atoms with van der Waals surface area (Å²) in [6.45, 7) is -2.33. The Bertz CT molecular complexity index is 235. The first-order valence-electron chi connectivity index (χ1n) is 7.60. The van der Waals surface area contributed by atoms with Crippen LogP contribution in [0.4, 0.5) is 0 Å². The van der Waals surface area contributed by atoms with E-state index in [0.717, 1.165) is 51.0 Å². The van der Waals surface area contributed by atoms with Crippen LogP contribution in [0.15, 0.2) is 12.2 Å². The number of aliphatic hydroxyl groups excluding tert-OH is 1. The van der Waals surface area contributed by atoms with E-state index < -0.39 is 13.2 Å². The van der Waals surface area contributed by atoms with Crippen LogP contribution in [0.25, 0.3) is 0 Å². The highest BCUT2D eigenvalue weighted by molar-refractivity contribution is 4.79. The number of allylic oxidation sites excluding steroid dienone is 2. The van der Waals surface area contributed by atoms with Crippen molar-refractivity contribution in [3.8, 4) is 0 Å². The maximum absolute atomic E-state index is 8.59. The van der Waals surface area contributed by atoms with Crippen LogP contribution in [0.1, 0.15) is 65.0 Å². The Morgan fingerprint density at radius 2 is 1.77 bits per heavy atom. The molecule has 0 aliphatic rings. The molecule has 0 aliphatic heterocycles. The average molecular weight is 189 g/mol. The predicted octanol–water partition coefficient (Wildman–Crippen LogP) is 3.68. The Hall–Kier alpha value is -0.300. The number of rotatable bonds is 9. The summed E-state index contributed by atoms with van der Waals surface area (Å²) in [5, 5.41) is 8.59. The van der Waals surface area contributed by atoms with Gasteiger partial charge in [0.2, 0.25) is 0 Å². The average Bonchev–Trinajstić information content (AvgIpc) is 2.25. The fourth-order valence-electron chi connectivity index (χ4n) is 1.22. The van der Waals surface area contributed by atoms with Crippen LogP contribution in [0.3, 0.4) is 0 Å². The van der Waals surface area contributed by atoms with Crippen LogP contribution in [0, 0.1) is 0 Å². The SMILES string of the molecule is [2H]C([2H])([2H])C([2H])([2H])/C=C/CCCCCCCCO. The first kappa shape index (κ1) is 6.23. The first-order chi connectivity index (χ1) is 8.31. The van der Waals surface area contributed by atoms with Gasteiger partial charge in [-0.2, -0.15) is 0 Å². The largest absolute Gasteiger partial charge is 0.396 e. The highest BCUT2D eigenvalue weighted by Crippen LogP contribution is 2.07. The lowest BCUT2D eigenvalue weighted by molar-refractivity contribution is 0.282. The highest BCUT2D eigenvalue weighted by Gasteiger charge is 1.89. The third-order valence-corrected chi connectivity index (χ3v) is 1.98. The van der Waals surface area contributed by atoms with Gasteiger partial charge < -0.3 is 5.11 Å². The molecule has 0 radical (unpaired) electrons. The van der Waals surface area contributed by atoms with E-state index >= 15 is 0 Å². The molecule has 0 unspecified atom stereocenters. The van der Waals surface area contributed by atoms with Crippen molar-refractivity contribution in [2.45, 2.75) is 58.2 Å². The van der Waals surface area contributed by atoms with Crippen LogP contribution >= 0.6 is 0 Å². The van der Waals surface area contributed by atoms with E-state index in [2.05, 4.69) is 0 Å². The molecule has 0 saturated carbocycles. The van der Waals surface area contributed by atoms with Gasteiger partial charge in [0.1, 0.15) is 0 Å². The monoisotopic (exact) mass is 189 g/mol. The van der Waals surface area contributed by atoms with Gasteiger partial charge in [-0.25, -0.2) is 0 Å². The molecular weight excluding hydrogens is 160 g/mol. The summed E-state index contributed by atoms with van der Waals surface area (Å²) in [5.41, 5.74) is 0. The van der Waals surface area contributed by atoms with Gasteiger partial charge >= 0.3 is 0 Å². The summed E-state index contributed by atoms with van der Waals surface area (Å²) in [6.07, 6.45) is 7.42. The van der Waals surface area contributed by atoms with E-state index in [1.165, 1.54) is 0 Å². The third kappa shape index (κ3) is 11.7. The zero-order chi connectivity index (χ0) is 14.1. The minimum atomic E-state index is -2.59. The van der Waals surface area contributed by atoms with Crippen LogP contribution in [0.5, 0.6) is 0 Å². The molecule has 78 valence electrons. The standard InChI is InChI=1S/C12H24O/c1-2-3-4-5-6-7-8-9-10-11-12-13/h3-4,13H,2,5-12H2,1H3/b4-3+/i1D3,2D2. The van der Waals surface area contributed by atoms with Crippen LogP contribution in [-0.2, 0) is 0 Å². The molecule has 1 nitrogen and oxygen atoms in total. The molecular formula is C12H24O. The minimum absolute atomic E-state index is 0.257. The van der Waals surface area contributed by atoms with Crippen molar-refractivity contribution in [3.05, 3.63) is 12.2 Å².